The van der Waals surface area contributed by atoms with Crippen molar-refractivity contribution < 1.29 is 9.52 Å². The molecule has 1 atom stereocenters. The van der Waals surface area contributed by atoms with E-state index >= 15 is 0 Å². The first-order valence-corrected chi connectivity index (χ1v) is 3.01. The van der Waals surface area contributed by atoms with Crippen LogP contribution in [0, 0.1) is 0 Å². The molecular weight excluding hydrogens is 140 g/mol. The van der Waals surface area contributed by atoms with Gasteiger partial charge in [-0.25, -0.2) is 0 Å². The maximum atomic E-state index is 8.88. The summed E-state index contributed by atoms with van der Waals surface area (Å²) in [7, 11) is 0. The summed E-state index contributed by atoms with van der Waals surface area (Å²) in [5.41, 5.74) is 0. The quantitative estimate of drug-likeness (QED) is 0.657. The molecule has 0 aliphatic rings. The van der Waals surface area contributed by atoms with E-state index in [0.717, 1.165) is 0 Å². The molecule has 0 fully saturated rings. The van der Waals surface area contributed by atoms with Gasteiger partial charge < -0.3 is 9.52 Å². The van der Waals surface area contributed by atoms with Gasteiger partial charge in [0, 0.05) is 0 Å². The number of halogens is 1. The molecule has 0 saturated carbocycles. The van der Waals surface area contributed by atoms with Gasteiger partial charge in [0.05, 0.1) is 0 Å². The van der Waals surface area contributed by atoms with Crippen molar-refractivity contribution in [1.82, 2.24) is 0 Å². The molecule has 1 heterocycles. The van der Waals surface area contributed by atoms with Gasteiger partial charge in [0.1, 0.15) is 11.9 Å². The lowest BCUT2D eigenvalue weighted by molar-refractivity contribution is 0.169. The molecule has 2 nitrogen and oxygen atoms in total. The molecule has 0 amide bonds. The normalized spacial score (nSPS) is 13.7. The SMILES string of the molecule is C[C@H](O)c1ccc(Cl)o1. The average molecular weight is 147 g/mol. The molecule has 0 spiro atoms. The maximum absolute atomic E-state index is 8.88. The second-order valence-corrected chi connectivity index (χ2v) is 2.19. The zero-order valence-electron chi connectivity index (χ0n) is 4.97. The van der Waals surface area contributed by atoms with Gasteiger partial charge in [-0.05, 0) is 30.7 Å². The Balaban J connectivity index is 2.85. The molecule has 0 saturated heterocycles. The van der Waals surface area contributed by atoms with E-state index in [0.29, 0.717) is 11.0 Å². The predicted octanol–water partition coefficient (Wildman–Crippen LogP) is 1.99. The highest BCUT2D eigenvalue weighted by Crippen LogP contribution is 2.18. The van der Waals surface area contributed by atoms with Crippen molar-refractivity contribution in [2.24, 2.45) is 0 Å². The van der Waals surface area contributed by atoms with Crippen molar-refractivity contribution >= 4 is 11.6 Å². The van der Waals surface area contributed by atoms with Gasteiger partial charge in [-0.2, -0.15) is 0 Å². The lowest BCUT2D eigenvalue weighted by Crippen LogP contribution is -1.84. The van der Waals surface area contributed by atoms with Crippen molar-refractivity contribution in [1.29, 1.82) is 0 Å². The van der Waals surface area contributed by atoms with Gasteiger partial charge in [0.25, 0.3) is 0 Å². The van der Waals surface area contributed by atoms with Crippen molar-refractivity contribution in [2.75, 3.05) is 0 Å². The minimum atomic E-state index is -0.572. The Morgan fingerprint density at radius 2 is 2.33 bits per heavy atom. The molecule has 0 aromatic carbocycles. The number of aliphatic hydroxyl groups excluding tert-OH is 1. The van der Waals surface area contributed by atoms with Crippen LogP contribution in [0.3, 0.4) is 0 Å². The minimum absolute atomic E-state index is 0.311. The van der Waals surface area contributed by atoms with Gasteiger partial charge in [-0.15, -0.1) is 0 Å². The molecule has 1 aromatic heterocycles. The van der Waals surface area contributed by atoms with Crippen molar-refractivity contribution in [3.05, 3.63) is 23.1 Å². The van der Waals surface area contributed by atoms with Crippen LogP contribution < -0.4 is 0 Å². The topological polar surface area (TPSA) is 33.4 Å². The van der Waals surface area contributed by atoms with Crippen LogP contribution in [-0.4, -0.2) is 5.11 Å². The summed E-state index contributed by atoms with van der Waals surface area (Å²) >= 11 is 5.43. The largest absolute Gasteiger partial charge is 0.447 e. The van der Waals surface area contributed by atoms with Gasteiger partial charge in [-0.1, -0.05) is 0 Å². The van der Waals surface area contributed by atoms with Crippen LogP contribution >= 0.6 is 11.6 Å². The van der Waals surface area contributed by atoms with E-state index < -0.39 is 6.10 Å². The fourth-order valence-corrected chi connectivity index (χ4v) is 0.705. The molecule has 3 heteroatoms. The fourth-order valence-electron chi connectivity index (χ4n) is 0.553. The zero-order valence-corrected chi connectivity index (χ0v) is 5.72. The Kier molecular flexibility index (Phi) is 1.78. The molecule has 50 valence electrons. The third kappa shape index (κ3) is 1.47. The van der Waals surface area contributed by atoms with E-state index in [2.05, 4.69) is 0 Å². The summed E-state index contributed by atoms with van der Waals surface area (Å²) in [6.45, 7) is 1.62. The molecule has 0 unspecified atom stereocenters. The number of rotatable bonds is 1. The third-order valence-corrected chi connectivity index (χ3v) is 1.21. The van der Waals surface area contributed by atoms with E-state index in [1.807, 2.05) is 0 Å². The summed E-state index contributed by atoms with van der Waals surface area (Å²) in [4.78, 5) is 0. The first kappa shape index (κ1) is 6.65. The molecular formula is C6H7ClO2. The monoisotopic (exact) mass is 146 g/mol. The summed E-state index contributed by atoms with van der Waals surface area (Å²) < 4.78 is 4.86. The summed E-state index contributed by atoms with van der Waals surface area (Å²) in [6.07, 6.45) is -0.572. The van der Waals surface area contributed by atoms with Gasteiger partial charge in [-0.3, -0.25) is 0 Å². The predicted molar refractivity (Wildman–Crippen MR) is 34.4 cm³/mol. The molecule has 0 bridgehead atoms. The lowest BCUT2D eigenvalue weighted by atomic mass is 10.3. The smallest absolute Gasteiger partial charge is 0.193 e. The number of hydrogen-bond acceptors (Lipinski definition) is 2. The van der Waals surface area contributed by atoms with Gasteiger partial charge in [0.15, 0.2) is 5.22 Å². The number of hydrogen-bond donors (Lipinski definition) is 1. The second-order valence-electron chi connectivity index (χ2n) is 1.82. The highest BCUT2D eigenvalue weighted by atomic mass is 35.5. The van der Waals surface area contributed by atoms with Crippen LogP contribution in [0.4, 0.5) is 0 Å². The van der Waals surface area contributed by atoms with E-state index in [1.54, 1.807) is 19.1 Å². The van der Waals surface area contributed by atoms with Gasteiger partial charge in [0.2, 0.25) is 0 Å². The molecule has 1 N–H and O–H groups in total. The van der Waals surface area contributed by atoms with Crippen LogP contribution in [0.25, 0.3) is 0 Å². The Morgan fingerprint density at radius 3 is 2.56 bits per heavy atom. The Labute approximate surface area is 58.1 Å². The number of aliphatic hydroxyl groups is 1. The molecule has 1 rings (SSSR count). The van der Waals surface area contributed by atoms with E-state index in [1.165, 1.54) is 0 Å². The lowest BCUT2D eigenvalue weighted by Gasteiger charge is -1.95. The Hall–Kier alpha value is -0.470. The van der Waals surface area contributed by atoms with E-state index in [4.69, 9.17) is 21.1 Å². The van der Waals surface area contributed by atoms with Gasteiger partial charge >= 0.3 is 0 Å². The summed E-state index contributed by atoms with van der Waals surface area (Å²) in [6, 6.07) is 3.25. The highest BCUT2D eigenvalue weighted by molar-refractivity contribution is 6.28. The second kappa shape index (κ2) is 2.42. The maximum Gasteiger partial charge on any atom is 0.193 e. The third-order valence-electron chi connectivity index (χ3n) is 1.01. The minimum Gasteiger partial charge on any atom is -0.447 e. The van der Waals surface area contributed by atoms with Crippen molar-refractivity contribution in [2.45, 2.75) is 13.0 Å². The fraction of sp³-hybridized carbons (Fsp3) is 0.333. The molecule has 0 aliphatic carbocycles. The Bertz CT molecular complexity index is 193. The molecule has 9 heavy (non-hydrogen) atoms. The number of furan rings is 1. The molecule has 0 radical (unpaired) electrons. The van der Waals surface area contributed by atoms with Crippen LogP contribution in [0.1, 0.15) is 18.8 Å². The molecule has 1 aromatic rings. The standard InChI is InChI=1S/C6H7ClO2/c1-4(8)5-2-3-6(7)9-5/h2-4,8H,1H3/t4-/m0/s1. The summed E-state index contributed by atoms with van der Waals surface area (Å²) in [5, 5.41) is 9.20. The zero-order chi connectivity index (χ0) is 6.85. The molecule has 0 aliphatic heterocycles. The van der Waals surface area contributed by atoms with Crippen LogP contribution in [0.2, 0.25) is 5.22 Å². The van der Waals surface area contributed by atoms with Crippen molar-refractivity contribution in [3.8, 4) is 0 Å². The van der Waals surface area contributed by atoms with Crippen LogP contribution in [-0.2, 0) is 0 Å². The van der Waals surface area contributed by atoms with Crippen LogP contribution in [0.5, 0.6) is 0 Å². The van der Waals surface area contributed by atoms with Crippen LogP contribution in [0.15, 0.2) is 16.5 Å². The average Bonchev–Trinajstić information content (AvgIpc) is 2.14. The van der Waals surface area contributed by atoms with E-state index in [-0.39, 0.29) is 0 Å². The first-order valence-electron chi connectivity index (χ1n) is 2.63. The summed E-state index contributed by atoms with van der Waals surface area (Å²) in [5.74, 6) is 0.500. The first-order chi connectivity index (χ1) is 4.20. The van der Waals surface area contributed by atoms with E-state index in [9.17, 15) is 0 Å². The Morgan fingerprint density at radius 1 is 1.67 bits per heavy atom. The van der Waals surface area contributed by atoms with Crippen molar-refractivity contribution in [3.63, 3.8) is 0 Å². The highest BCUT2D eigenvalue weighted by Gasteiger charge is 2.03.